The molecule has 0 aliphatic carbocycles. The van der Waals surface area contributed by atoms with E-state index >= 15 is 0 Å². The van der Waals surface area contributed by atoms with Crippen molar-refractivity contribution in [2.24, 2.45) is 0 Å². The van der Waals surface area contributed by atoms with Crippen LogP contribution in [0.2, 0.25) is 0 Å². The molecule has 0 saturated heterocycles. The number of ketones is 1. The van der Waals surface area contributed by atoms with Crippen LogP contribution in [0.4, 0.5) is 10.1 Å². The van der Waals surface area contributed by atoms with Gasteiger partial charge in [-0.2, -0.15) is 0 Å². The molecule has 0 saturated carbocycles. The minimum atomic E-state index is -0.634. The fraction of sp³-hybridized carbons (Fsp3) is 0.333. The predicted molar refractivity (Wildman–Crippen MR) is 66.2 cm³/mol. The molecule has 1 aliphatic rings. The summed E-state index contributed by atoms with van der Waals surface area (Å²) in [6, 6.07) is 2.90. The molecule has 1 amide bonds. The maximum Gasteiger partial charge on any atom is 0.299 e. The van der Waals surface area contributed by atoms with Gasteiger partial charge in [0, 0.05) is 11.9 Å². The molecule has 1 aromatic rings. The molecular weight excluding hydrogens is 289 g/mol. The van der Waals surface area contributed by atoms with Crippen LogP contribution in [0.25, 0.3) is 0 Å². The Labute approximate surface area is 107 Å². The van der Waals surface area contributed by atoms with Crippen molar-refractivity contribution in [3.63, 3.8) is 0 Å². The van der Waals surface area contributed by atoms with Crippen LogP contribution in [-0.4, -0.2) is 23.6 Å². The number of nitrogens with zero attached hydrogens (tertiary/aromatic N) is 1. The van der Waals surface area contributed by atoms with Crippen LogP contribution >= 0.6 is 15.9 Å². The highest BCUT2D eigenvalue weighted by molar-refractivity contribution is 9.09. The van der Waals surface area contributed by atoms with Crippen molar-refractivity contribution < 1.29 is 14.0 Å². The molecule has 2 rings (SSSR count). The maximum atomic E-state index is 13.8. The molecule has 90 valence electrons. The Morgan fingerprint density at radius 2 is 2.06 bits per heavy atom. The average molecular weight is 300 g/mol. The van der Waals surface area contributed by atoms with Gasteiger partial charge < -0.3 is 4.90 Å². The number of fused-ring (bicyclic) bond motifs is 1. The van der Waals surface area contributed by atoms with Crippen LogP contribution < -0.4 is 4.90 Å². The Morgan fingerprint density at radius 3 is 2.71 bits per heavy atom. The third-order valence-electron chi connectivity index (χ3n) is 2.68. The van der Waals surface area contributed by atoms with Gasteiger partial charge >= 0.3 is 0 Å². The number of anilines is 1. The Hall–Kier alpha value is -1.23. The molecule has 17 heavy (non-hydrogen) atoms. The van der Waals surface area contributed by atoms with Crippen LogP contribution in [0.5, 0.6) is 0 Å². The fourth-order valence-corrected chi connectivity index (χ4v) is 2.20. The van der Waals surface area contributed by atoms with Gasteiger partial charge in [0.05, 0.1) is 11.3 Å². The van der Waals surface area contributed by atoms with Gasteiger partial charge in [0.15, 0.2) is 0 Å². The number of alkyl halides is 1. The normalized spacial score (nSPS) is 14.4. The Morgan fingerprint density at radius 1 is 1.35 bits per heavy atom. The zero-order valence-corrected chi connectivity index (χ0v) is 10.9. The second-order valence-electron chi connectivity index (χ2n) is 3.97. The lowest BCUT2D eigenvalue weighted by atomic mass is 10.1. The highest BCUT2D eigenvalue weighted by Crippen LogP contribution is 2.32. The van der Waals surface area contributed by atoms with Crippen LogP contribution in [0, 0.1) is 12.7 Å². The molecule has 0 fully saturated rings. The number of halogens is 2. The largest absolute Gasteiger partial charge is 0.302 e. The average Bonchev–Trinajstić information content (AvgIpc) is 2.51. The number of carbonyl (C=O) groups excluding carboxylic acids is 2. The second-order valence-corrected chi connectivity index (χ2v) is 4.76. The number of aryl methyl sites for hydroxylation is 1. The highest BCUT2D eigenvalue weighted by Gasteiger charge is 2.37. The summed E-state index contributed by atoms with van der Waals surface area (Å²) in [5.41, 5.74) is 0.957. The monoisotopic (exact) mass is 299 g/mol. The fourth-order valence-electron chi connectivity index (χ4n) is 1.95. The minimum Gasteiger partial charge on any atom is -0.302 e. The van der Waals surface area contributed by atoms with Crippen molar-refractivity contribution in [3.8, 4) is 0 Å². The molecule has 0 radical (unpaired) electrons. The summed E-state index contributed by atoms with van der Waals surface area (Å²) in [5.74, 6) is -1.75. The predicted octanol–water partition coefficient (Wildman–Crippen LogP) is 2.45. The summed E-state index contributed by atoms with van der Waals surface area (Å²) >= 11 is 3.25. The minimum absolute atomic E-state index is 0.131. The summed E-state index contributed by atoms with van der Waals surface area (Å²) in [7, 11) is 0. The topological polar surface area (TPSA) is 37.4 Å². The number of Topliss-reactive ketones (excluding diaryl/α,β-unsaturated/α-hetero) is 1. The van der Waals surface area contributed by atoms with Gasteiger partial charge in [-0.25, -0.2) is 4.39 Å². The van der Waals surface area contributed by atoms with E-state index in [1.807, 2.05) is 0 Å². The van der Waals surface area contributed by atoms with Gasteiger partial charge in [-0.15, -0.1) is 0 Å². The molecule has 0 spiro atoms. The van der Waals surface area contributed by atoms with E-state index in [2.05, 4.69) is 15.9 Å². The van der Waals surface area contributed by atoms with E-state index in [1.165, 1.54) is 11.0 Å². The van der Waals surface area contributed by atoms with Gasteiger partial charge in [0.2, 0.25) is 0 Å². The molecule has 0 atom stereocenters. The Balaban J connectivity index is 2.48. The SMILES string of the molecule is Cc1cc(F)c2c(c1)C(=O)C(=O)N2CCCBr. The second kappa shape index (κ2) is 4.56. The highest BCUT2D eigenvalue weighted by atomic mass is 79.9. The van der Waals surface area contributed by atoms with Crippen molar-refractivity contribution in [2.75, 3.05) is 16.8 Å². The van der Waals surface area contributed by atoms with Gasteiger partial charge in [0.1, 0.15) is 5.82 Å². The van der Waals surface area contributed by atoms with Crippen molar-refractivity contribution >= 4 is 33.3 Å². The smallest absolute Gasteiger partial charge is 0.299 e. The third kappa shape index (κ3) is 1.99. The van der Waals surface area contributed by atoms with E-state index in [0.29, 0.717) is 23.9 Å². The molecule has 3 nitrogen and oxygen atoms in total. The van der Waals surface area contributed by atoms with Crippen molar-refractivity contribution in [2.45, 2.75) is 13.3 Å². The first-order valence-corrected chi connectivity index (χ1v) is 6.40. The van der Waals surface area contributed by atoms with Crippen LogP contribution in [0.15, 0.2) is 12.1 Å². The first-order chi connectivity index (χ1) is 8.06. The molecule has 0 bridgehead atoms. The summed E-state index contributed by atoms with van der Waals surface area (Å²) in [4.78, 5) is 24.7. The quantitative estimate of drug-likeness (QED) is 0.635. The number of hydrogen-bond donors (Lipinski definition) is 0. The number of amides is 1. The maximum absolute atomic E-state index is 13.8. The standard InChI is InChI=1S/C12H11BrFNO2/c1-7-5-8-10(9(14)6-7)15(4-2-3-13)12(17)11(8)16/h5-6H,2-4H2,1H3. The molecule has 5 heteroatoms. The lowest BCUT2D eigenvalue weighted by Gasteiger charge is -2.16. The molecule has 1 aromatic carbocycles. The van der Waals surface area contributed by atoms with Crippen molar-refractivity contribution in [1.82, 2.24) is 0 Å². The lowest BCUT2D eigenvalue weighted by Crippen LogP contribution is -2.31. The first kappa shape index (κ1) is 12.2. The van der Waals surface area contributed by atoms with Gasteiger partial charge in [-0.05, 0) is 31.0 Å². The zero-order valence-electron chi connectivity index (χ0n) is 9.30. The van der Waals surface area contributed by atoms with Crippen LogP contribution in [0.3, 0.4) is 0 Å². The molecular formula is C12H11BrFNO2. The Kier molecular flexibility index (Phi) is 3.28. The first-order valence-electron chi connectivity index (χ1n) is 5.28. The lowest BCUT2D eigenvalue weighted by molar-refractivity contribution is -0.114. The van der Waals surface area contributed by atoms with E-state index < -0.39 is 17.5 Å². The summed E-state index contributed by atoms with van der Waals surface area (Å²) < 4.78 is 13.8. The van der Waals surface area contributed by atoms with E-state index in [0.717, 1.165) is 0 Å². The number of carbonyl (C=O) groups is 2. The molecule has 1 heterocycles. The van der Waals surface area contributed by atoms with Crippen LogP contribution in [0.1, 0.15) is 22.3 Å². The van der Waals surface area contributed by atoms with Crippen LogP contribution in [-0.2, 0) is 4.79 Å². The molecule has 0 N–H and O–H groups in total. The van der Waals surface area contributed by atoms with Crippen molar-refractivity contribution in [3.05, 3.63) is 29.1 Å². The van der Waals surface area contributed by atoms with Crippen molar-refractivity contribution in [1.29, 1.82) is 0 Å². The summed E-state index contributed by atoms with van der Waals surface area (Å²) in [5, 5.41) is 0.702. The van der Waals surface area contributed by atoms with Gasteiger partial charge in [-0.3, -0.25) is 9.59 Å². The number of rotatable bonds is 3. The summed E-state index contributed by atoms with van der Waals surface area (Å²) in [6.45, 7) is 2.05. The van der Waals surface area contributed by atoms with E-state index in [9.17, 15) is 14.0 Å². The van der Waals surface area contributed by atoms with Gasteiger partial charge in [-0.1, -0.05) is 15.9 Å². The van der Waals surface area contributed by atoms with E-state index in [1.54, 1.807) is 13.0 Å². The van der Waals surface area contributed by atoms with Gasteiger partial charge in [0.25, 0.3) is 11.7 Å². The third-order valence-corrected chi connectivity index (χ3v) is 3.24. The zero-order chi connectivity index (χ0) is 12.6. The molecule has 0 unspecified atom stereocenters. The number of benzene rings is 1. The molecule has 0 aromatic heterocycles. The summed E-state index contributed by atoms with van der Waals surface area (Å²) in [6.07, 6.45) is 0.672. The van der Waals surface area contributed by atoms with E-state index in [-0.39, 0.29) is 11.3 Å². The Bertz CT molecular complexity index is 502. The number of hydrogen-bond acceptors (Lipinski definition) is 2. The molecule has 1 aliphatic heterocycles. The van der Waals surface area contributed by atoms with E-state index in [4.69, 9.17) is 0 Å².